The maximum absolute atomic E-state index is 12.7. The molecule has 144 valence electrons. The topological polar surface area (TPSA) is 61.8 Å². The first-order chi connectivity index (χ1) is 12.7. The molecule has 5 nitrogen and oxygen atoms in total. The molecule has 1 saturated heterocycles. The minimum absolute atomic E-state index is 0.0480. The van der Waals surface area contributed by atoms with Gasteiger partial charge in [0.05, 0.1) is 10.7 Å². The van der Waals surface area contributed by atoms with Crippen LogP contribution in [0.4, 0.5) is 5.69 Å². The summed E-state index contributed by atoms with van der Waals surface area (Å²) in [4.78, 5) is 26.3. The highest BCUT2D eigenvalue weighted by Gasteiger charge is 2.60. The summed E-state index contributed by atoms with van der Waals surface area (Å²) in [7, 11) is 0. The van der Waals surface area contributed by atoms with Crippen molar-refractivity contribution in [3.05, 3.63) is 28.8 Å². The predicted octanol–water partition coefficient (Wildman–Crippen LogP) is 4.40. The zero-order valence-electron chi connectivity index (χ0n) is 16.1. The molecular weight excluding hydrogens is 362 g/mol. The lowest BCUT2D eigenvalue weighted by Crippen LogP contribution is -2.34. The van der Waals surface area contributed by atoms with E-state index in [2.05, 4.69) is 31.3 Å². The largest absolute Gasteiger partial charge is 0.311 e. The second-order valence-electron chi connectivity index (χ2n) is 8.81. The Kier molecular flexibility index (Phi) is 4.34. The van der Waals surface area contributed by atoms with Crippen molar-refractivity contribution in [3.63, 3.8) is 0 Å². The molecule has 2 bridgehead atoms. The van der Waals surface area contributed by atoms with E-state index in [1.807, 2.05) is 0 Å². The molecule has 27 heavy (non-hydrogen) atoms. The maximum atomic E-state index is 12.7. The smallest absolute Gasteiger partial charge is 0.271 e. The molecule has 1 N–H and O–H groups in total. The van der Waals surface area contributed by atoms with E-state index in [9.17, 15) is 9.59 Å². The Morgan fingerprint density at radius 2 is 2.11 bits per heavy atom. The second-order valence-corrected chi connectivity index (χ2v) is 9.22. The molecule has 1 aliphatic heterocycles. The summed E-state index contributed by atoms with van der Waals surface area (Å²) in [5, 5.41) is 5.00. The highest BCUT2D eigenvalue weighted by molar-refractivity contribution is 6.34. The fourth-order valence-electron chi connectivity index (χ4n) is 5.04. The van der Waals surface area contributed by atoms with Crippen LogP contribution in [0.3, 0.4) is 0 Å². The van der Waals surface area contributed by atoms with E-state index in [-0.39, 0.29) is 22.6 Å². The van der Waals surface area contributed by atoms with Gasteiger partial charge in [-0.15, -0.1) is 0 Å². The molecule has 2 atom stereocenters. The van der Waals surface area contributed by atoms with E-state index in [1.54, 1.807) is 23.1 Å². The van der Waals surface area contributed by atoms with Crippen LogP contribution in [0.5, 0.6) is 0 Å². The third-order valence-electron chi connectivity index (χ3n) is 7.38. The van der Waals surface area contributed by atoms with E-state index < -0.39 is 0 Å². The fourth-order valence-corrected chi connectivity index (χ4v) is 5.26. The van der Waals surface area contributed by atoms with Crippen LogP contribution in [0.1, 0.15) is 63.2 Å². The van der Waals surface area contributed by atoms with Crippen molar-refractivity contribution < 1.29 is 9.59 Å². The summed E-state index contributed by atoms with van der Waals surface area (Å²) >= 11 is 6.27. The van der Waals surface area contributed by atoms with E-state index in [4.69, 9.17) is 11.6 Å². The molecule has 0 radical (unpaired) electrons. The molecule has 1 aromatic rings. The van der Waals surface area contributed by atoms with Crippen molar-refractivity contribution in [1.82, 2.24) is 5.43 Å². The molecule has 1 aromatic carbocycles. The number of nitrogens with one attached hydrogen (secondary N) is 1. The predicted molar refractivity (Wildman–Crippen MR) is 107 cm³/mol. The van der Waals surface area contributed by atoms with Crippen LogP contribution in [-0.2, 0) is 4.79 Å². The quantitative estimate of drug-likeness (QED) is 0.781. The van der Waals surface area contributed by atoms with E-state index in [0.29, 0.717) is 35.2 Å². The molecule has 3 fully saturated rings. The standard InChI is InChI=1S/C21H26ClN3O2/c1-20(2)14-8-9-21(20,3)17(12-14)23-24-19(27)13-6-7-15(22)16(11-13)25-10-4-5-18(25)26/h6-7,11,14H,4-5,8-10,12H2,1-3H3,(H,24,27)/b23-17+/t14-,21-/m1/s1. The molecule has 0 unspecified atom stereocenters. The van der Waals surface area contributed by atoms with Crippen LogP contribution in [0, 0.1) is 16.7 Å². The minimum atomic E-state index is -0.267. The van der Waals surface area contributed by atoms with Gasteiger partial charge < -0.3 is 4.90 Å². The van der Waals surface area contributed by atoms with Crippen LogP contribution < -0.4 is 10.3 Å². The molecule has 0 aromatic heterocycles. The van der Waals surface area contributed by atoms with Gasteiger partial charge in [-0.3, -0.25) is 9.59 Å². The van der Waals surface area contributed by atoms with Gasteiger partial charge in [0, 0.05) is 29.7 Å². The van der Waals surface area contributed by atoms with E-state index in [0.717, 1.165) is 25.0 Å². The first kappa shape index (κ1) is 18.5. The van der Waals surface area contributed by atoms with Crippen molar-refractivity contribution in [1.29, 1.82) is 0 Å². The zero-order valence-corrected chi connectivity index (χ0v) is 16.9. The molecule has 2 saturated carbocycles. The van der Waals surface area contributed by atoms with Crippen LogP contribution in [-0.4, -0.2) is 24.1 Å². The number of carbonyl (C=O) groups is 2. The monoisotopic (exact) mass is 387 g/mol. The number of hydrazone groups is 1. The van der Waals surface area contributed by atoms with Gasteiger partial charge >= 0.3 is 0 Å². The number of nitrogens with zero attached hydrogens (tertiary/aromatic N) is 2. The summed E-state index contributed by atoms with van der Waals surface area (Å²) in [5.74, 6) is 0.421. The average molecular weight is 388 g/mol. The van der Waals surface area contributed by atoms with E-state index in [1.165, 1.54) is 6.42 Å². The van der Waals surface area contributed by atoms with Crippen molar-refractivity contribution in [3.8, 4) is 0 Å². The second kappa shape index (κ2) is 6.33. The zero-order chi connectivity index (χ0) is 19.4. The minimum Gasteiger partial charge on any atom is -0.311 e. The molecule has 0 spiro atoms. The Labute approximate surface area is 165 Å². The number of benzene rings is 1. The number of carbonyl (C=O) groups excluding carboxylic acids is 2. The van der Waals surface area contributed by atoms with Crippen molar-refractivity contribution >= 4 is 34.8 Å². The van der Waals surface area contributed by atoms with Crippen molar-refractivity contribution in [2.24, 2.45) is 21.8 Å². The number of rotatable bonds is 3. The summed E-state index contributed by atoms with van der Waals surface area (Å²) in [6.07, 6.45) is 4.66. The lowest BCUT2D eigenvalue weighted by Gasteiger charge is -2.34. The van der Waals surface area contributed by atoms with Crippen molar-refractivity contribution in [2.75, 3.05) is 11.4 Å². The van der Waals surface area contributed by atoms with Gasteiger partial charge in [-0.2, -0.15) is 5.10 Å². The van der Waals surface area contributed by atoms with E-state index >= 15 is 0 Å². The number of hydrogen-bond donors (Lipinski definition) is 1. The van der Waals surface area contributed by atoms with Gasteiger partial charge in [-0.25, -0.2) is 5.43 Å². The number of fused-ring (bicyclic) bond motifs is 2. The summed E-state index contributed by atoms with van der Waals surface area (Å²) in [6, 6.07) is 5.04. The Morgan fingerprint density at radius 1 is 1.33 bits per heavy atom. The number of anilines is 1. The summed E-state index contributed by atoms with van der Waals surface area (Å²) in [5.41, 5.74) is 5.18. The first-order valence-electron chi connectivity index (χ1n) is 9.71. The van der Waals surface area contributed by atoms with Crippen LogP contribution in [0.15, 0.2) is 23.3 Å². The molecule has 4 rings (SSSR count). The molecular formula is C21H26ClN3O2. The molecule has 3 aliphatic rings. The highest BCUT2D eigenvalue weighted by atomic mass is 35.5. The van der Waals surface area contributed by atoms with Gasteiger partial charge in [-0.1, -0.05) is 32.4 Å². The molecule has 1 heterocycles. The van der Waals surface area contributed by atoms with Gasteiger partial charge in [0.25, 0.3) is 5.91 Å². The number of halogens is 1. The van der Waals surface area contributed by atoms with Crippen LogP contribution in [0.2, 0.25) is 5.02 Å². The van der Waals surface area contributed by atoms with Gasteiger partial charge in [0.2, 0.25) is 5.91 Å². The lowest BCUT2D eigenvalue weighted by molar-refractivity contribution is -0.117. The third-order valence-corrected chi connectivity index (χ3v) is 7.70. The van der Waals surface area contributed by atoms with Crippen molar-refractivity contribution in [2.45, 2.75) is 52.9 Å². The SMILES string of the molecule is CC1(C)[C@@H]2CC[C@]1(C)/C(=N/NC(=O)c1ccc(Cl)c(N3CCCC3=O)c1)C2. The van der Waals surface area contributed by atoms with Gasteiger partial charge in [-0.05, 0) is 55.2 Å². The average Bonchev–Trinajstić information content (AvgIpc) is 3.20. The Balaban J connectivity index is 1.54. The summed E-state index contributed by atoms with van der Waals surface area (Å²) in [6.45, 7) is 7.53. The molecule has 2 aliphatic carbocycles. The first-order valence-corrected chi connectivity index (χ1v) is 10.1. The highest BCUT2D eigenvalue weighted by Crippen LogP contribution is 2.63. The van der Waals surface area contributed by atoms with Gasteiger partial charge in [0.1, 0.15) is 0 Å². The molecule has 6 heteroatoms. The normalized spacial score (nSPS) is 30.4. The maximum Gasteiger partial charge on any atom is 0.271 e. The Morgan fingerprint density at radius 3 is 2.70 bits per heavy atom. The fraction of sp³-hybridized carbons (Fsp3) is 0.571. The van der Waals surface area contributed by atoms with Crippen LogP contribution >= 0.6 is 11.6 Å². The van der Waals surface area contributed by atoms with Crippen LogP contribution in [0.25, 0.3) is 0 Å². The number of hydrogen-bond acceptors (Lipinski definition) is 3. The lowest BCUT2D eigenvalue weighted by atomic mass is 9.70. The Bertz CT molecular complexity index is 848. The Hall–Kier alpha value is -1.88. The number of amides is 2. The third kappa shape index (κ3) is 2.78. The van der Waals surface area contributed by atoms with Gasteiger partial charge in [0.15, 0.2) is 0 Å². The molecule has 2 amide bonds. The summed E-state index contributed by atoms with van der Waals surface area (Å²) < 4.78 is 0.